The van der Waals surface area contributed by atoms with Crippen LogP contribution in [-0.4, -0.2) is 104 Å². The van der Waals surface area contributed by atoms with Crippen LogP contribution >= 0.6 is 0 Å². The van der Waals surface area contributed by atoms with Crippen LogP contribution in [0.3, 0.4) is 0 Å². The summed E-state index contributed by atoms with van der Waals surface area (Å²) in [5.74, 6) is -4.51. The first kappa shape index (κ1) is 42.0. The highest BCUT2D eigenvalue weighted by molar-refractivity contribution is 6.05. The van der Waals surface area contributed by atoms with Gasteiger partial charge in [0, 0.05) is 88.3 Å². The lowest BCUT2D eigenvalue weighted by molar-refractivity contribution is -0.137. The zero-order valence-electron chi connectivity index (χ0n) is 35.4. The molecule has 0 radical (unpaired) electrons. The topological polar surface area (TPSA) is 160 Å². The van der Waals surface area contributed by atoms with Crippen molar-refractivity contribution in [1.29, 1.82) is 0 Å². The van der Waals surface area contributed by atoms with Crippen molar-refractivity contribution in [1.82, 2.24) is 39.4 Å². The number of rotatable bonds is 5. The van der Waals surface area contributed by atoms with Crippen molar-refractivity contribution in [3.8, 4) is 17.1 Å². The summed E-state index contributed by atoms with van der Waals surface area (Å²) in [4.78, 5) is 66.8. The van der Waals surface area contributed by atoms with Gasteiger partial charge in [-0.25, -0.2) is 18.4 Å². The molecule has 3 saturated heterocycles. The van der Waals surface area contributed by atoms with Crippen LogP contribution in [0, 0.1) is 36.3 Å². The molecule has 2 N–H and O–H groups in total. The summed E-state index contributed by atoms with van der Waals surface area (Å²) in [7, 11) is 1.61. The number of anilines is 2. The van der Waals surface area contributed by atoms with E-state index in [1.165, 1.54) is 22.9 Å². The molecule has 5 aromatic rings. The Hall–Kier alpha value is -6.30. The van der Waals surface area contributed by atoms with Crippen molar-refractivity contribution < 1.29 is 37.1 Å². The summed E-state index contributed by atoms with van der Waals surface area (Å²) in [5.41, 5.74) is 3.84. The quantitative estimate of drug-likeness (QED) is 0.222. The number of carbonyl (C=O) groups is 4. The fourth-order valence-electron chi connectivity index (χ4n) is 9.40. The Bertz CT molecular complexity index is 2620. The second-order valence-electron chi connectivity index (χ2n) is 17.3. The van der Waals surface area contributed by atoms with E-state index in [-0.39, 0.29) is 53.3 Å². The molecule has 18 heteroatoms. The summed E-state index contributed by atoms with van der Waals surface area (Å²) in [6.07, 6.45) is 2.11. The van der Waals surface area contributed by atoms with Gasteiger partial charge in [0.05, 0.1) is 35.2 Å². The van der Waals surface area contributed by atoms with Gasteiger partial charge in [-0.2, -0.15) is 4.39 Å². The largest absolute Gasteiger partial charge is 0.477 e. The first-order valence-corrected chi connectivity index (χ1v) is 21.5. The molecule has 4 aliphatic heterocycles. The number of hydrogen-bond acceptors (Lipinski definition) is 10. The monoisotopic (exact) mass is 866 g/mol. The Morgan fingerprint density at radius 3 is 2.44 bits per heavy atom. The zero-order chi connectivity index (χ0) is 44.1. The second-order valence-corrected chi connectivity index (χ2v) is 17.3. The first-order chi connectivity index (χ1) is 30.3. The molecular weight excluding hydrogens is 818 g/mol. The van der Waals surface area contributed by atoms with E-state index in [4.69, 9.17) is 9.72 Å². The molecule has 4 amide bonds. The summed E-state index contributed by atoms with van der Waals surface area (Å²) < 4.78 is 55.2. The molecule has 0 unspecified atom stereocenters. The van der Waals surface area contributed by atoms with Gasteiger partial charge in [0.1, 0.15) is 17.2 Å². The Labute approximate surface area is 361 Å². The molecule has 0 saturated carbocycles. The SMILES string of the molecule is Cc1cc2cc(n1)-c1c(F)nn(C)c1OCCC[C@@H](C)Cn1c(nc3ccc(CN4CCN(C(=O)[C@@H]5CCN(c6cc(F)c([C@H]7CCC(=O)NC7=O)c(F)c6)C5)CC4)cc31)NC2=O. The maximum absolute atomic E-state index is 15.3. The smallest absolute Gasteiger partial charge is 0.258 e. The molecule has 3 aromatic heterocycles. The highest BCUT2D eigenvalue weighted by Gasteiger charge is 2.36. The van der Waals surface area contributed by atoms with E-state index in [0.717, 1.165) is 23.0 Å². The molecule has 3 atom stereocenters. The second kappa shape index (κ2) is 17.1. The van der Waals surface area contributed by atoms with Crippen LogP contribution in [0.4, 0.5) is 24.8 Å². The van der Waals surface area contributed by atoms with Crippen LogP contribution in [0.5, 0.6) is 5.88 Å². The first-order valence-electron chi connectivity index (χ1n) is 21.5. The number of imidazole rings is 1. The lowest BCUT2D eigenvalue weighted by atomic mass is 9.89. The fraction of sp³-hybridized carbons (Fsp3) is 0.444. The van der Waals surface area contributed by atoms with Crippen LogP contribution < -0.4 is 20.3 Å². The van der Waals surface area contributed by atoms with Crippen molar-refractivity contribution in [2.24, 2.45) is 18.9 Å². The minimum Gasteiger partial charge on any atom is -0.477 e. The highest BCUT2D eigenvalue weighted by Crippen LogP contribution is 2.36. The zero-order valence-corrected chi connectivity index (χ0v) is 35.4. The Morgan fingerprint density at radius 2 is 1.68 bits per heavy atom. The summed E-state index contributed by atoms with van der Waals surface area (Å²) in [6, 6.07) is 11.7. The maximum atomic E-state index is 15.3. The van der Waals surface area contributed by atoms with Crippen LogP contribution in [0.25, 0.3) is 22.3 Å². The maximum Gasteiger partial charge on any atom is 0.258 e. The lowest BCUT2D eigenvalue weighted by Gasteiger charge is -2.36. The number of piperidine rings is 1. The summed E-state index contributed by atoms with van der Waals surface area (Å²) in [6.45, 7) is 8.65. The van der Waals surface area contributed by atoms with Gasteiger partial charge in [-0.05, 0) is 80.5 Å². The number of pyridine rings is 1. The van der Waals surface area contributed by atoms with E-state index in [0.29, 0.717) is 94.7 Å². The molecule has 2 bridgehead atoms. The number of hydrogen-bond donors (Lipinski definition) is 2. The van der Waals surface area contributed by atoms with Crippen molar-refractivity contribution >= 4 is 46.3 Å². The average Bonchev–Trinajstić information content (AvgIpc) is 3.94. The standard InChI is InChI=1S/C45H49F3N10O5/c1-25-5-4-16-63-44-39(40(48)53-54(44)3)35-19-29(17-26(2)49-35)41(60)52-45-50-34-8-6-27(18-36(34)58(45)22-25)23-55-12-14-56(15-13-55)43(62)28-10-11-57(24-28)30-20-32(46)38(33(47)21-30)31-7-9-37(59)51-42(31)61/h6,8,17-21,25,28,31H,4-5,7,9-16,22-24H2,1-3H3,(H,50,52,60)(H,51,59,61)/t25-,28-,31-/m1/s1. The number of imide groups is 1. The number of carbonyl (C=O) groups excluding carboxylic acids is 4. The van der Waals surface area contributed by atoms with E-state index < -0.39 is 41.2 Å². The fourth-order valence-corrected chi connectivity index (χ4v) is 9.40. The predicted molar refractivity (Wildman–Crippen MR) is 226 cm³/mol. The highest BCUT2D eigenvalue weighted by atomic mass is 19.1. The summed E-state index contributed by atoms with van der Waals surface area (Å²) in [5, 5.41) is 9.11. The molecule has 7 heterocycles. The van der Waals surface area contributed by atoms with Crippen molar-refractivity contribution in [2.45, 2.75) is 65.0 Å². The third kappa shape index (κ3) is 8.47. The van der Waals surface area contributed by atoms with E-state index >= 15 is 13.2 Å². The minimum absolute atomic E-state index is 0.0138. The van der Waals surface area contributed by atoms with Gasteiger partial charge in [-0.15, -0.1) is 5.10 Å². The summed E-state index contributed by atoms with van der Waals surface area (Å²) >= 11 is 0. The number of nitrogens with one attached hydrogen (secondary N) is 2. The molecule has 9 rings (SSSR count). The number of piperazine rings is 1. The third-order valence-corrected chi connectivity index (χ3v) is 12.7. The molecule has 63 heavy (non-hydrogen) atoms. The number of ether oxygens (including phenoxy) is 1. The van der Waals surface area contributed by atoms with E-state index in [1.54, 1.807) is 24.9 Å². The Morgan fingerprint density at radius 1 is 0.905 bits per heavy atom. The van der Waals surface area contributed by atoms with Crippen LogP contribution in [0.1, 0.15) is 72.1 Å². The lowest BCUT2D eigenvalue weighted by Crippen LogP contribution is -2.50. The van der Waals surface area contributed by atoms with Gasteiger partial charge in [-0.3, -0.25) is 39.7 Å². The number of fused-ring (bicyclic) bond motifs is 7. The number of amides is 4. The van der Waals surface area contributed by atoms with E-state index in [2.05, 4.69) is 38.6 Å². The Balaban J connectivity index is 0.856. The Kier molecular flexibility index (Phi) is 11.4. The van der Waals surface area contributed by atoms with Gasteiger partial charge < -0.3 is 19.1 Å². The number of nitrogens with zero attached hydrogens (tertiary/aromatic N) is 8. The van der Waals surface area contributed by atoms with Gasteiger partial charge >= 0.3 is 0 Å². The number of benzene rings is 2. The van der Waals surface area contributed by atoms with Gasteiger partial charge in [0.2, 0.25) is 35.5 Å². The van der Waals surface area contributed by atoms with Crippen LogP contribution in [-0.2, 0) is 34.5 Å². The van der Waals surface area contributed by atoms with Crippen LogP contribution in [0.15, 0.2) is 42.5 Å². The van der Waals surface area contributed by atoms with Crippen LogP contribution in [0.2, 0.25) is 0 Å². The van der Waals surface area contributed by atoms with Gasteiger partial charge in [0.15, 0.2) is 0 Å². The molecule has 3 fully saturated rings. The van der Waals surface area contributed by atoms with Gasteiger partial charge in [0.25, 0.3) is 5.91 Å². The molecular formula is C45H49F3N10O5. The van der Waals surface area contributed by atoms with Gasteiger partial charge in [-0.1, -0.05) is 13.0 Å². The molecule has 2 aromatic carbocycles. The van der Waals surface area contributed by atoms with Crippen molar-refractivity contribution in [3.05, 3.63) is 82.4 Å². The molecule has 4 aliphatic rings. The minimum atomic E-state index is -1.07. The van der Waals surface area contributed by atoms with E-state index in [1.807, 2.05) is 21.6 Å². The average molecular weight is 867 g/mol. The molecule has 0 aliphatic carbocycles. The predicted octanol–water partition coefficient (Wildman–Crippen LogP) is 5.31. The third-order valence-electron chi connectivity index (χ3n) is 12.7. The molecule has 330 valence electrons. The number of halogens is 3. The number of aromatic nitrogens is 5. The normalized spacial score (nSPS) is 21.3. The van der Waals surface area contributed by atoms with Crippen molar-refractivity contribution in [3.63, 3.8) is 0 Å². The molecule has 0 spiro atoms. The number of aryl methyl sites for hydroxylation is 2. The van der Waals surface area contributed by atoms with E-state index in [9.17, 15) is 19.2 Å². The van der Waals surface area contributed by atoms with Crippen molar-refractivity contribution in [2.75, 3.05) is 56.1 Å². The molecule has 15 nitrogen and oxygen atoms in total.